The van der Waals surface area contributed by atoms with Gasteiger partial charge in [-0.3, -0.25) is 0 Å². The maximum atomic E-state index is 13.1. The molecule has 60 valence electrons. The van der Waals surface area contributed by atoms with Gasteiger partial charge >= 0.3 is 0 Å². The van der Waals surface area contributed by atoms with Gasteiger partial charge in [0.15, 0.2) is 0 Å². The Morgan fingerprint density at radius 3 is 2.73 bits per heavy atom. The number of hydrogen-bond acceptors (Lipinski definition) is 1. The molecule has 0 aliphatic heterocycles. The molecule has 0 bridgehead atoms. The second-order valence-electron chi connectivity index (χ2n) is 2.23. The van der Waals surface area contributed by atoms with Crippen LogP contribution in [-0.4, -0.2) is 5.11 Å². The summed E-state index contributed by atoms with van der Waals surface area (Å²) in [5.74, 6) is -0.424. The molecule has 3 heteroatoms. The lowest BCUT2D eigenvalue weighted by Crippen LogP contribution is -1.88. The van der Waals surface area contributed by atoms with Gasteiger partial charge in [-0.05, 0) is 34.0 Å². The minimum absolute atomic E-state index is 0.0558. The Hall–Kier alpha value is -0.570. The molecular formula is C8H8BrFO. The SMILES string of the molecule is CCc1ccc(O)c(Br)c1F. The van der Waals surface area contributed by atoms with Crippen molar-refractivity contribution >= 4 is 15.9 Å². The molecule has 0 saturated carbocycles. The van der Waals surface area contributed by atoms with Crippen LogP contribution in [0.1, 0.15) is 12.5 Å². The van der Waals surface area contributed by atoms with Gasteiger partial charge in [0.05, 0.1) is 4.47 Å². The smallest absolute Gasteiger partial charge is 0.144 e. The van der Waals surface area contributed by atoms with Crippen molar-refractivity contribution in [3.05, 3.63) is 28.0 Å². The van der Waals surface area contributed by atoms with Gasteiger partial charge in [0.2, 0.25) is 0 Å². The van der Waals surface area contributed by atoms with Gasteiger partial charge in [-0.25, -0.2) is 4.39 Å². The normalized spacial score (nSPS) is 10.1. The molecule has 0 amide bonds. The lowest BCUT2D eigenvalue weighted by molar-refractivity contribution is 0.463. The fourth-order valence-corrected chi connectivity index (χ4v) is 1.24. The van der Waals surface area contributed by atoms with Gasteiger partial charge < -0.3 is 5.11 Å². The second kappa shape index (κ2) is 3.22. The molecule has 1 N–H and O–H groups in total. The van der Waals surface area contributed by atoms with Crippen LogP contribution < -0.4 is 0 Å². The molecule has 1 nitrogen and oxygen atoms in total. The van der Waals surface area contributed by atoms with Crippen molar-refractivity contribution in [3.63, 3.8) is 0 Å². The largest absolute Gasteiger partial charge is 0.507 e. The monoisotopic (exact) mass is 218 g/mol. The van der Waals surface area contributed by atoms with Crippen LogP contribution >= 0.6 is 15.9 Å². The highest BCUT2D eigenvalue weighted by Crippen LogP contribution is 2.28. The van der Waals surface area contributed by atoms with E-state index >= 15 is 0 Å². The van der Waals surface area contributed by atoms with E-state index in [0.29, 0.717) is 12.0 Å². The number of phenolic OH excluding ortho intramolecular Hbond substituents is 1. The van der Waals surface area contributed by atoms with E-state index in [1.807, 2.05) is 6.92 Å². The summed E-state index contributed by atoms with van der Waals surface area (Å²) in [6.07, 6.45) is 0.630. The number of aromatic hydroxyl groups is 1. The van der Waals surface area contributed by atoms with Crippen LogP contribution in [-0.2, 0) is 6.42 Å². The van der Waals surface area contributed by atoms with Gasteiger partial charge in [0.1, 0.15) is 11.6 Å². The number of hydrogen-bond donors (Lipinski definition) is 1. The van der Waals surface area contributed by atoms with E-state index in [1.165, 1.54) is 6.07 Å². The first-order chi connectivity index (χ1) is 5.16. The highest BCUT2D eigenvalue weighted by atomic mass is 79.9. The predicted octanol–water partition coefficient (Wildman–Crippen LogP) is 2.86. The molecule has 0 saturated heterocycles. The predicted molar refractivity (Wildman–Crippen MR) is 45.1 cm³/mol. The average Bonchev–Trinajstić information content (AvgIpc) is 2.01. The third kappa shape index (κ3) is 1.53. The number of phenols is 1. The second-order valence-corrected chi connectivity index (χ2v) is 3.02. The Morgan fingerprint density at radius 2 is 2.18 bits per heavy atom. The Balaban J connectivity index is 3.25. The Bertz CT molecular complexity index is 273. The fourth-order valence-electron chi connectivity index (χ4n) is 0.852. The quantitative estimate of drug-likeness (QED) is 0.769. The van der Waals surface area contributed by atoms with Crippen molar-refractivity contribution in [1.29, 1.82) is 0 Å². The van der Waals surface area contributed by atoms with E-state index < -0.39 is 0 Å². The molecule has 1 aromatic rings. The van der Waals surface area contributed by atoms with Gasteiger partial charge in [-0.1, -0.05) is 13.0 Å². The highest BCUT2D eigenvalue weighted by molar-refractivity contribution is 9.10. The van der Waals surface area contributed by atoms with Crippen LogP contribution in [0, 0.1) is 5.82 Å². The lowest BCUT2D eigenvalue weighted by Gasteiger charge is -2.02. The van der Waals surface area contributed by atoms with Crippen molar-refractivity contribution in [1.82, 2.24) is 0 Å². The Morgan fingerprint density at radius 1 is 1.55 bits per heavy atom. The van der Waals surface area contributed by atoms with Gasteiger partial charge in [0, 0.05) is 0 Å². The lowest BCUT2D eigenvalue weighted by atomic mass is 10.1. The number of aryl methyl sites for hydroxylation is 1. The third-order valence-corrected chi connectivity index (χ3v) is 2.28. The molecule has 0 heterocycles. The first-order valence-corrected chi connectivity index (χ1v) is 4.12. The zero-order valence-electron chi connectivity index (χ0n) is 6.06. The minimum Gasteiger partial charge on any atom is -0.507 e. The van der Waals surface area contributed by atoms with Gasteiger partial charge in [0.25, 0.3) is 0 Å². The maximum absolute atomic E-state index is 13.1. The first kappa shape index (κ1) is 8.53. The van der Waals surface area contributed by atoms with Crippen molar-refractivity contribution in [3.8, 4) is 5.75 Å². The van der Waals surface area contributed by atoms with Crippen LogP contribution in [0.2, 0.25) is 0 Å². The van der Waals surface area contributed by atoms with Gasteiger partial charge in [-0.2, -0.15) is 0 Å². The summed E-state index contributed by atoms with van der Waals surface area (Å²) >= 11 is 2.95. The molecule has 1 aromatic carbocycles. The molecule has 0 spiro atoms. The summed E-state index contributed by atoms with van der Waals surface area (Å²) in [7, 11) is 0. The third-order valence-electron chi connectivity index (χ3n) is 1.52. The van der Waals surface area contributed by atoms with E-state index in [2.05, 4.69) is 15.9 Å². The van der Waals surface area contributed by atoms with Crippen molar-refractivity contribution in [2.45, 2.75) is 13.3 Å². The Kier molecular flexibility index (Phi) is 2.49. The van der Waals surface area contributed by atoms with E-state index in [-0.39, 0.29) is 16.0 Å². The first-order valence-electron chi connectivity index (χ1n) is 3.32. The van der Waals surface area contributed by atoms with E-state index in [0.717, 1.165) is 0 Å². The molecule has 0 unspecified atom stereocenters. The summed E-state index contributed by atoms with van der Waals surface area (Å²) in [6.45, 7) is 1.86. The van der Waals surface area contributed by atoms with E-state index in [9.17, 15) is 4.39 Å². The minimum atomic E-state index is -0.368. The summed E-state index contributed by atoms with van der Waals surface area (Å²) in [5, 5.41) is 9.03. The standard InChI is InChI=1S/C8H8BrFO/c1-2-5-3-4-6(11)7(9)8(5)10/h3-4,11H,2H2,1H3. The van der Waals surface area contributed by atoms with Crippen molar-refractivity contribution in [2.24, 2.45) is 0 Å². The van der Waals surface area contributed by atoms with Crippen LogP contribution in [0.4, 0.5) is 4.39 Å². The zero-order valence-corrected chi connectivity index (χ0v) is 7.65. The van der Waals surface area contributed by atoms with Gasteiger partial charge in [-0.15, -0.1) is 0 Å². The molecule has 0 atom stereocenters. The van der Waals surface area contributed by atoms with Crippen LogP contribution in [0.15, 0.2) is 16.6 Å². The summed E-state index contributed by atoms with van der Waals surface area (Å²) < 4.78 is 13.2. The zero-order chi connectivity index (χ0) is 8.43. The summed E-state index contributed by atoms with van der Waals surface area (Å²) in [6, 6.07) is 3.06. The summed E-state index contributed by atoms with van der Waals surface area (Å²) in [5.41, 5.74) is 0.606. The molecule has 0 radical (unpaired) electrons. The number of rotatable bonds is 1. The van der Waals surface area contributed by atoms with Crippen molar-refractivity contribution < 1.29 is 9.50 Å². The fraction of sp³-hybridized carbons (Fsp3) is 0.250. The van der Waals surface area contributed by atoms with Crippen LogP contribution in [0.3, 0.4) is 0 Å². The van der Waals surface area contributed by atoms with Crippen LogP contribution in [0.25, 0.3) is 0 Å². The molecular weight excluding hydrogens is 211 g/mol. The van der Waals surface area contributed by atoms with Crippen LogP contribution in [0.5, 0.6) is 5.75 Å². The van der Waals surface area contributed by atoms with Crippen molar-refractivity contribution in [2.75, 3.05) is 0 Å². The number of benzene rings is 1. The Labute approximate surface area is 73.0 Å². The summed E-state index contributed by atoms with van der Waals surface area (Å²) in [4.78, 5) is 0. The molecule has 0 aliphatic rings. The molecule has 11 heavy (non-hydrogen) atoms. The molecule has 1 rings (SSSR count). The maximum Gasteiger partial charge on any atom is 0.144 e. The van der Waals surface area contributed by atoms with E-state index in [1.54, 1.807) is 6.07 Å². The number of halogens is 2. The molecule has 0 fully saturated rings. The topological polar surface area (TPSA) is 20.2 Å². The molecule has 0 aliphatic carbocycles. The molecule has 0 aromatic heterocycles. The highest BCUT2D eigenvalue weighted by Gasteiger charge is 2.07. The average molecular weight is 219 g/mol. The van der Waals surface area contributed by atoms with E-state index in [4.69, 9.17) is 5.11 Å².